The van der Waals surface area contributed by atoms with Crippen LogP contribution in [0.25, 0.3) is 11.4 Å². The van der Waals surface area contributed by atoms with Crippen LogP contribution in [-0.2, 0) is 0 Å². The SMILES string of the molecule is CN1C(=O)NC[C@H]1c1nc(-c2ccc(N3CCCCC3)cc2)no1. The zero-order valence-corrected chi connectivity index (χ0v) is 13.7. The Bertz CT molecular complexity index is 721. The van der Waals surface area contributed by atoms with Crippen LogP contribution in [0.4, 0.5) is 10.5 Å². The molecule has 2 aromatic rings. The third-order valence-electron chi connectivity index (χ3n) is 4.81. The van der Waals surface area contributed by atoms with Gasteiger partial charge in [0.25, 0.3) is 5.89 Å². The Hall–Kier alpha value is -2.57. The second-order valence-electron chi connectivity index (χ2n) is 6.36. The second-order valence-corrected chi connectivity index (χ2v) is 6.36. The molecular weight excluding hydrogens is 306 g/mol. The summed E-state index contributed by atoms with van der Waals surface area (Å²) in [6.07, 6.45) is 3.85. The van der Waals surface area contributed by atoms with Crippen molar-refractivity contribution in [2.24, 2.45) is 0 Å². The zero-order valence-electron chi connectivity index (χ0n) is 13.7. The number of benzene rings is 1. The lowest BCUT2D eigenvalue weighted by atomic mass is 10.1. The number of carbonyl (C=O) groups is 1. The van der Waals surface area contributed by atoms with Crippen LogP contribution in [0.1, 0.15) is 31.2 Å². The Balaban J connectivity index is 1.51. The van der Waals surface area contributed by atoms with Crippen LogP contribution in [0.15, 0.2) is 28.8 Å². The van der Waals surface area contributed by atoms with Crippen molar-refractivity contribution in [1.29, 1.82) is 0 Å². The molecule has 7 nitrogen and oxygen atoms in total. The van der Waals surface area contributed by atoms with E-state index >= 15 is 0 Å². The summed E-state index contributed by atoms with van der Waals surface area (Å²) in [5.41, 5.74) is 2.16. The topological polar surface area (TPSA) is 74.5 Å². The number of nitrogens with one attached hydrogen (secondary N) is 1. The molecule has 4 rings (SSSR count). The van der Waals surface area contributed by atoms with Gasteiger partial charge in [-0.15, -0.1) is 0 Å². The van der Waals surface area contributed by atoms with Crippen molar-refractivity contribution in [1.82, 2.24) is 20.4 Å². The Morgan fingerprint density at radius 2 is 1.92 bits per heavy atom. The number of likely N-dealkylation sites (N-methyl/N-ethyl adjacent to an activating group) is 1. The standard InChI is InChI=1S/C17H21N5O2/c1-21-14(11-18-17(21)23)16-19-15(20-24-16)12-5-7-13(8-6-12)22-9-3-2-4-10-22/h5-8,14H,2-4,9-11H2,1H3,(H,18,23)/t14-/m0/s1. The molecule has 126 valence electrons. The fourth-order valence-corrected chi connectivity index (χ4v) is 3.30. The van der Waals surface area contributed by atoms with Gasteiger partial charge in [0.05, 0.1) is 0 Å². The van der Waals surface area contributed by atoms with Crippen LogP contribution in [0.3, 0.4) is 0 Å². The average molecular weight is 327 g/mol. The molecule has 0 radical (unpaired) electrons. The van der Waals surface area contributed by atoms with Crippen LogP contribution in [-0.4, -0.2) is 47.8 Å². The number of nitrogens with zero attached hydrogens (tertiary/aromatic N) is 4. The fourth-order valence-electron chi connectivity index (χ4n) is 3.30. The molecule has 1 aromatic heterocycles. The normalized spacial score (nSPS) is 21.2. The van der Waals surface area contributed by atoms with Crippen LogP contribution in [0.2, 0.25) is 0 Å². The number of amides is 2. The van der Waals surface area contributed by atoms with E-state index in [0.717, 1.165) is 18.7 Å². The van der Waals surface area contributed by atoms with Gasteiger partial charge in [-0.3, -0.25) is 0 Å². The van der Waals surface area contributed by atoms with Gasteiger partial charge in [0.2, 0.25) is 5.82 Å². The van der Waals surface area contributed by atoms with Crippen molar-refractivity contribution >= 4 is 11.7 Å². The number of hydrogen-bond donors (Lipinski definition) is 1. The summed E-state index contributed by atoms with van der Waals surface area (Å²) < 4.78 is 5.36. The smallest absolute Gasteiger partial charge is 0.317 e. The van der Waals surface area contributed by atoms with Gasteiger partial charge in [-0.05, 0) is 43.5 Å². The van der Waals surface area contributed by atoms with Gasteiger partial charge in [0, 0.05) is 37.9 Å². The van der Waals surface area contributed by atoms with E-state index in [4.69, 9.17) is 4.52 Å². The first-order valence-electron chi connectivity index (χ1n) is 8.42. The Labute approximate surface area is 140 Å². The van der Waals surface area contributed by atoms with Crippen molar-refractivity contribution in [3.05, 3.63) is 30.2 Å². The largest absolute Gasteiger partial charge is 0.372 e. The molecular formula is C17H21N5O2. The molecule has 0 spiro atoms. The minimum absolute atomic E-state index is 0.120. The molecule has 2 aliphatic rings. The third kappa shape index (κ3) is 2.70. The van der Waals surface area contributed by atoms with E-state index in [1.165, 1.54) is 24.9 Å². The first-order chi connectivity index (χ1) is 11.7. The second kappa shape index (κ2) is 6.14. The highest BCUT2D eigenvalue weighted by Crippen LogP contribution is 2.26. The van der Waals surface area contributed by atoms with Crippen LogP contribution >= 0.6 is 0 Å². The lowest BCUT2D eigenvalue weighted by molar-refractivity contribution is 0.207. The molecule has 0 aliphatic carbocycles. The van der Waals surface area contributed by atoms with Gasteiger partial charge in [-0.1, -0.05) is 5.16 Å². The lowest BCUT2D eigenvalue weighted by Crippen LogP contribution is -2.29. The summed E-state index contributed by atoms with van der Waals surface area (Å²) in [5, 5.41) is 6.83. The van der Waals surface area contributed by atoms with Crippen LogP contribution in [0.5, 0.6) is 0 Å². The maximum Gasteiger partial charge on any atom is 0.317 e. The van der Waals surface area contributed by atoms with Crippen LogP contribution in [0, 0.1) is 0 Å². The quantitative estimate of drug-likeness (QED) is 0.937. The van der Waals surface area contributed by atoms with Gasteiger partial charge in [-0.2, -0.15) is 4.98 Å². The number of hydrogen-bond acceptors (Lipinski definition) is 5. The summed E-state index contributed by atoms with van der Waals surface area (Å²) in [4.78, 5) is 20.0. The molecule has 2 fully saturated rings. The Morgan fingerprint density at radius 3 is 2.58 bits per heavy atom. The van der Waals surface area contributed by atoms with E-state index < -0.39 is 0 Å². The van der Waals surface area contributed by atoms with E-state index in [1.54, 1.807) is 11.9 Å². The molecule has 1 aromatic carbocycles. The van der Waals surface area contributed by atoms with Crippen molar-refractivity contribution in [2.45, 2.75) is 25.3 Å². The molecule has 3 heterocycles. The molecule has 2 saturated heterocycles. The zero-order chi connectivity index (χ0) is 16.5. The molecule has 24 heavy (non-hydrogen) atoms. The minimum atomic E-state index is -0.202. The number of anilines is 1. The molecule has 0 saturated carbocycles. The molecule has 2 amide bonds. The minimum Gasteiger partial charge on any atom is -0.372 e. The monoisotopic (exact) mass is 327 g/mol. The van der Waals surface area contributed by atoms with E-state index in [9.17, 15) is 4.79 Å². The first-order valence-corrected chi connectivity index (χ1v) is 8.42. The summed E-state index contributed by atoms with van der Waals surface area (Å²) in [7, 11) is 1.73. The van der Waals surface area contributed by atoms with Crippen molar-refractivity contribution in [3.63, 3.8) is 0 Å². The molecule has 7 heteroatoms. The van der Waals surface area contributed by atoms with E-state index in [1.807, 2.05) is 12.1 Å². The highest BCUT2D eigenvalue weighted by molar-refractivity contribution is 5.76. The summed E-state index contributed by atoms with van der Waals surface area (Å²) in [5.74, 6) is 1.02. The number of piperidine rings is 1. The van der Waals surface area contributed by atoms with Crippen LogP contribution < -0.4 is 10.2 Å². The van der Waals surface area contributed by atoms with Crippen molar-refractivity contribution < 1.29 is 9.32 Å². The summed E-state index contributed by atoms with van der Waals surface area (Å²) in [6.45, 7) is 2.74. The number of urea groups is 1. The maximum atomic E-state index is 11.5. The van der Waals surface area contributed by atoms with Crippen molar-refractivity contribution in [2.75, 3.05) is 31.6 Å². The molecule has 1 N–H and O–H groups in total. The Kier molecular flexibility index (Phi) is 3.84. The molecule has 0 unspecified atom stereocenters. The van der Waals surface area contributed by atoms with Gasteiger partial charge >= 0.3 is 6.03 Å². The fraction of sp³-hybridized carbons (Fsp3) is 0.471. The van der Waals surface area contributed by atoms with Gasteiger partial charge < -0.3 is 19.6 Å². The Morgan fingerprint density at radius 1 is 1.17 bits per heavy atom. The highest BCUT2D eigenvalue weighted by atomic mass is 16.5. The molecule has 0 bridgehead atoms. The van der Waals surface area contributed by atoms with Gasteiger partial charge in [0.15, 0.2) is 0 Å². The van der Waals surface area contributed by atoms with Crippen molar-refractivity contribution in [3.8, 4) is 11.4 Å². The average Bonchev–Trinajstić information content (AvgIpc) is 3.24. The first kappa shape index (κ1) is 15.0. The summed E-state index contributed by atoms with van der Waals surface area (Å²) >= 11 is 0. The highest BCUT2D eigenvalue weighted by Gasteiger charge is 2.33. The molecule has 2 aliphatic heterocycles. The van der Waals surface area contributed by atoms with Gasteiger partial charge in [0.1, 0.15) is 6.04 Å². The predicted molar refractivity (Wildman–Crippen MR) is 89.7 cm³/mol. The number of aromatic nitrogens is 2. The van der Waals surface area contributed by atoms with Gasteiger partial charge in [-0.25, -0.2) is 4.79 Å². The summed E-state index contributed by atoms with van der Waals surface area (Å²) in [6, 6.07) is 7.96. The predicted octanol–water partition coefficient (Wildman–Crippen LogP) is 2.42. The van der Waals surface area contributed by atoms with E-state index in [2.05, 4.69) is 32.5 Å². The number of carbonyl (C=O) groups excluding carboxylic acids is 1. The number of rotatable bonds is 3. The molecule has 1 atom stereocenters. The lowest BCUT2D eigenvalue weighted by Gasteiger charge is -2.28. The maximum absolute atomic E-state index is 11.5. The van der Waals surface area contributed by atoms with E-state index in [-0.39, 0.29) is 12.1 Å². The third-order valence-corrected chi connectivity index (χ3v) is 4.81. The van der Waals surface area contributed by atoms with E-state index in [0.29, 0.717) is 18.3 Å².